The molecule has 10 heteroatoms. The van der Waals surface area contributed by atoms with Gasteiger partial charge in [-0.25, -0.2) is 9.78 Å². The highest BCUT2D eigenvalue weighted by Crippen LogP contribution is 2.39. The molecule has 1 atom stereocenters. The molecule has 0 fully saturated rings. The quantitative estimate of drug-likeness (QED) is 0.365. The van der Waals surface area contributed by atoms with E-state index in [1.165, 1.54) is 23.1 Å². The number of nitrogens with one attached hydrogen (secondary N) is 1. The molecular formula is C24H24N4O4S2. The van der Waals surface area contributed by atoms with Crippen molar-refractivity contribution in [2.24, 2.45) is 5.92 Å². The SMILES string of the molecule is Cc1noc(C)c1CSc1ncccc1C(=O)OCC(=O)Nc1sc2c(c1C#N)CCC(C)C2. The van der Waals surface area contributed by atoms with Gasteiger partial charge in [-0.3, -0.25) is 4.79 Å². The summed E-state index contributed by atoms with van der Waals surface area (Å²) in [6, 6.07) is 5.48. The minimum absolute atomic E-state index is 0.283. The van der Waals surface area contributed by atoms with Crippen LogP contribution in [0.4, 0.5) is 5.00 Å². The first-order valence-electron chi connectivity index (χ1n) is 10.9. The number of rotatable bonds is 7. The van der Waals surface area contributed by atoms with Gasteiger partial charge < -0.3 is 14.6 Å². The van der Waals surface area contributed by atoms with Crippen molar-refractivity contribution in [3.63, 3.8) is 0 Å². The molecule has 8 nitrogen and oxygen atoms in total. The maximum atomic E-state index is 12.7. The van der Waals surface area contributed by atoms with E-state index in [4.69, 9.17) is 9.26 Å². The number of hydrogen-bond acceptors (Lipinski definition) is 9. The van der Waals surface area contributed by atoms with Gasteiger partial charge in [-0.2, -0.15) is 5.26 Å². The number of amides is 1. The Hall–Kier alpha value is -3.16. The molecule has 1 amide bonds. The summed E-state index contributed by atoms with van der Waals surface area (Å²) in [6.45, 7) is 5.43. The molecule has 0 saturated heterocycles. The Kier molecular flexibility index (Phi) is 7.34. The van der Waals surface area contributed by atoms with Crippen LogP contribution in [0.1, 0.15) is 56.7 Å². The maximum Gasteiger partial charge on any atom is 0.341 e. The van der Waals surface area contributed by atoms with Crippen molar-refractivity contribution in [2.45, 2.75) is 50.8 Å². The Balaban J connectivity index is 1.38. The Labute approximate surface area is 205 Å². The van der Waals surface area contributed by atoms with E-state index in [1.807, 2.05) is 13.8 Å². The zero-order valence-electron chi connectivity index (χ0n) is 19.1. The number of anilines is 1. The highest BCUT2D eigenvalue weighted by atomic mass is 32.2. The number of thioether (sulfide) groups is 1. The lowest BCUT2D eigenvalue weighted by Crippen LogP contribution is -2.21. The Morgan fingerprint density at radius 2 is 2.24 bits per heavy atom. The molecule has 0 aliphatic heterocycles. The monoisotopic (exact) mass is 496 g/mol. The van der Waals surface area contributed by atoms with Crippen LogP contribution in [0, 0.1) is 31.1 Å². The number of thiophene rings is 1. The number of nitriles is 1. The fourth-order valence-electron chi connectivity index (χ4n) is 3.84. The van der Waals surface area contributed by atoms with Crippen molar-refractivity contribution < 1.29 is 18.8 Å². The summed E-state index contributed by atoms with van der Waals surface area (Å²) in [5, 5.41) is 17.3. The summed E-state index contributed by atoms with van der Waals surface area (Å²) in [6.07, 6.45) is 4.39. The van der Waals surface area contributed by atoms with E-state index in [0.29, 0.717) is 27.3 Å². The first kappa shape index (κ1) is 24.0. The predicted octanol–water partition coefficient (Wildman–Crippen LogP) is 4.83. The Morgan fingerprint density at radius 3 is 2.97 bits per heavy atom. The Morgan fingerprint density at radius 1 is 1.41 bits per heavy atom. The molecule has 0 spiro atoms. The minimum Gasteiger partial charge on any atom is -0.452 e. The molecule has 4 rings (SSSR count). The number of carbonyl (C=O) groups is 2. The summed E-state index contributed by atoms with van der Waals surface area (Å²) in [7, 11) is 0. The smallest absolute Gasteiger partial charge is 0.341 e. The van der Waals surface area contributed by atoms with E-state index in [2.05, 4.69) is 28.5 Å². The van der Waals surface area contributed by atoms with Crippen LogP contribution in [0.2, 0.25) is 0 Å². The lowest BCUT2D eigenvalue weighted by Gasteiger charge is -2.17. The molecule has 1 N–H and O–H groups in total. The molecule has 0 aromatic carbocycles. The summed E-state index contributed by atoms with van der Waals surface area (Å²) in [5.74, 6) is 0.710. The van der Waals surface area contributed by atoms with E-state index < -0.39 is 18.5 Å². The van der Waals surface area contributed by atoms with Gasteiger partial charge in [-0.15, -0.1) is 23.1 Å². The highest BCUT2D eigenvalue weighted by molar-refractivity contribution is 7.98. The normalized spacial score (nSPS) is 14.8. The number of fused-ring (bicyclic) bond motifs is 1. The minimum atomic E-state index is -0.635. The molecule has 3 aromatic rings. The van der Waals surface area contributed by atoms with Crippen LogP contribution in [0.5, 0.6) is 0 Å². The summed E-state index contributed by atoms with van der Waals surface area (Å²) < 4.78 is 10.5. The summed E-state index contributed by atoms with van der Waals surface area (Å²) in [5.41, 5.74) is 3.59. The van der Waals surface area contributed by atoms with Crippen molar-refractivity contribution in [3.8, 4) is 6.07 Å². The number of carbonyl (C=O) groups excluding carboxylic acids is 2. The first-order chi connectivity index (χ1) is 16.4. The average molecular weight is 497 g/mol. The molecule has 1 aliphatic rings. The lowest BCUT2D eigenvalue weighted by atomic mass is 9.89. The maximum absolute atomic E-state index is 12.7. The van der Waals surface area contributed by atoms with Crippen LogP contribution in [0.3, 0.4) is 0 Å². The third kappa shape index (κ3) is 5.16. The zero-order chi connectivity index (χ0) is 24.2. The first-order valence-corrected chi connectivity index (χ1v) is 12.7. The molecule has 1 aliphatic carbocycles. The van der Waals surface area contributed by atoms with Gasteiger partial charge in [-0.1, -0.05) is 12.1 Å². The molecule has 176 valence electrons. The van der Waals surface area contributed by atoms with Crippen molar-refractivity contribution >= 4 is 40.0 Å². The van der Waals surface area contributed by atoms with E-state index >= 15 is 0 Å². The number of hydrogen-bond donors (Lipinski definition) is 1. The zero-order valence-corrected chi connectivity index (χ0v) is 20.8. The van der Waals surface area contributed by atoms with Gasteiger partial charge in [0, 0.05) is 22.4 Å². The molecule has 0 bridgehead atoms. The van der Waals surface area contributed by atoms with Crippen LogP contribution >= 0.6 is 23.1 Å². The number of nitrogens with zero attached hydrogens (tertiary/aromatic N) is 3. The molecule has 0 radical (unpaired) electrons. The fourth-order valence-corrected chi connectivity index (χ4v) is 6.35. The van der Waals surface area contributed by atoms with E-state index in [-0.39, 0.29) is 5.56 Å². The second kappa shape index (κ2) is 10.4. The van der Waals surface area contributed by atoms with Gasteiger partial charge in [0.1, 0.15) is 21.9 Å². The molecule has 3 aromatic heterocycles. The van der Waals surface area contributed by atoms with Crippen molar-refractivity contribution in [1.82, 2.24) is 10.1 Å². The number of pyridine rings is 1. The third-order valence-electron chi connectivity index (χ3n) is 5.74. The fraction of sp³-hybridized carbons (Fsp3) is 0.375. The van der Waals surface area contributed by atoms with Crippen LogP contribution in [-0.2, 0) is 28.1 Å². The predicted molar refractivity (Wildman–Crippen MR) is 129 cm³/mol. The van der Waals surface area contributed by atoms with Crippen LogP contribution in [0.25, 0.3) is 0 Å². The van der Waals surface area contributed by atoms with E-state index in [0.717, 1.165) is 46.7 Å². The standard InChI is InChI=1S/C24H24N4O4S2/c1-13-6-7-16-18(10-25)23(34-20(16)9-13)27-21(29)11-31-24(30)17-5-4-8-26-22(17)33-12-19-14(2)28-32-15(19)3/h4-5,8,13H,6-7,9,11-12H2,1-3H3,(H,27,29). The summed E-state index contributed by atoms with van der Waals surface area (Å²) >= 11 is 2.81. The summed E-state index contributed by atoms with van der Waals surface area (Å²) in [4.78, 5) is 30.7. The lowest BCUT2D eigenvalue weighted by molar-refractivity contribution is -0.119. The van der Waals surface area contributed by atoms with Gasteiger partial charge in [-0.05, 0) is 56.7 Å². The average Bonchev–Trinajstić information content (AvgIpc) is 3.33. The van der Waals surface area contributed by atoms with Crippen LogP contribution in [-0.4, -0.2) is 28.6 Å². The highest BCUT2D eigenvalue weighted by Gasteiger charge is 2.25. The number of esters is 1. The van der Waals surface area contributed by atoms with Crippen LogP contribution in [0.15, 0.2) is 27.9 Å². The molecule has 3 heterocycles. The molecule has 1 unspecified atom stereocenters. The van der Waals surface area contributed by atoms with Crippen molar-refractivity contribution in [2.75, 3.05) is 11.9 Å². The van der Waals surface area contributed by atoms with E-state index in [1.54, 1.807) is 18.3 Å². The van der Waals surface area contributed by atoms with Gasteiger partial charge in [0.05, 0.1) is 16.8 Å². The number of aromatic nitrogens is 2. The van der Waals surface area contributed by atoms with Crippen molar-refractivity contribution in [3.05, 3.63) is 56.9 Å². The second-order valence-electron chi connectivity index (χ2n) is 8.24. The van der Waals surface area contributed by atoms with Gasteiger partial charge >= 0.3 is 5.97 Å². The van der Waals surface area contributed by atoms with Gasteiger partial charge in [0.15, 0.2) is 6.61 Å². The Bertz CT molecular complexity index is 1250. The van der Waals surface area contributed by atoms with E-state index in [9.17, 15) is 14.9 Å². The number of ether oxygens (including phenoxy) is 1. The molecule has 34 heavy (non-hydrogen) atoms. The second-order valence-corrected chi connectivity index (χ2v) is 10.3. The third-order valence-corrected chi connectivity index (χ3v) is 7.94. The molecular weight excluding hydrogens is 472 g/mol. The van der Waals surface area contributed by atoms with Gasteiger partial charge in [0.2, 0.25) is 0 Å². The van der Waals surface area contributed by atoms with Gasteiger partial charge in [0.25, 0.3) is 5.91 Å². The van der Waals surface area contributed by atoms with Crippen molar-refractivity contribution in [1.29, 1.82) is 5.26 Å². The largest absolute Gasteiger partial charge is 0.452 e. The topological polar surface area (TPSA) is 118 Å². The van der Waals surface area contributed by atoms with Crippen LogP contribution < -0.4 is 5.32 Å². The molecule has 0 saturated carbocycles. The number of aryl methyl sites for hydroxylation is 2.